The number of rotatable bonds is 5. The van der Waals surface area contributed by atoms with E-state index in [1.54, 1.807) is 0 Å². The Hall–Kier alpha value is -0.0800. The Bertz CT molecular complexity index is 219. The number of nitrogens with zero attached hydrogens (tertiary/aromatic N) is 1. The summed E-state index contributed by atoms with van der Waals surface area (Å²) < 4.78 is 0. The third kappa shape index (κ3) is 4.59. The third-order valence-electron chi connectivity index (χ3n) is 4.11. The van der Waals surface area contributed by atoms with Crippen molar-refractivity contribution in [1.82, 2.24) is 10.2 Å². The predicted octanol–water partition coefficient (Wildman–Crippen LogP) is 3.13. The van der Waals surface area contributed by atoms with Crippen molar-refractivity contribution in [2.24, 2.45) is 11.3 Å². The monoisotopic (exact) mass is 240 g/mol. The minimum atomic E-state index is 0.366. The molecule has 0 spiro atoms. The van der Waals surface area contributed by atoms with Crippen LogP contribution in [-0.4, -0.2) is 36.6 Å². The Labute approximate surface area is 108 Å². The van der Waals surface area contributed by atoms with Crippen LogP contribution in [-0.2, 0) is 0 Å². The van der Waals surface area contributed by atoms with Gasteiger partial charge in [-0.05, 0) is 44.2 Å². The summed E-state index contributed by atoms with van der Waals surface area (Å²) in [4.78, 5) is 2.67. The SMILES string of the molecule is CCNC(CCN1CC(C)CC1C)C(C)(C)C. The van der Waals surface area contributed by atoms with Crippen LogP contribution in [0.25, 0.3) is 0 Å². The number of nitrogens with one attached hydrogen (secondary N) is 1. The highest BCUT2D eigenvalue weighted by Gasteiger charge is 2.28. The van der Waals surface area contributed by atoms with Crippen LogP contribution in [0.4, 0.5) is 0 Å². The van der Waals surface area contributed by atoms with E-state index in [9.17, 15) is 0 Å². The maximum atomic E-state index is 3.65. The molecule has 1 saturated heterocycles. The van der Waals surface area contributed by atoms with Crippen LogP contribution < -0.4 is 5.32 Å². The molecule has 0 aromatic heterocycles. The Balaban J connectivity index is 2.41. The van der Waals surface area contributed by atoms with Crippen LogP contribution in [0.1, 0.15) is 54.4 Å². The molecule has 0 radical (unpaired) electrons. The van der Waals surface area contributed by atoms with Gasteiger partial charge in [0.15, 0.2) is 0 Å². The summed E-state index contributed by atoms with van der Waals surface area (Å²) in [6, 6.07) is 1.42. The van der Waals surface area contributed by atoms with E-state index in [0.717, 1.165) is 18.5 Å². The van der Waals surface area contributed by atoms with Gasteiger partial charge in [-0.3, -0.25) is 0 Å². The first-order chi connectivity index (χ1) is 7.84. The Morgan fingerprint density at radius 3 is 2.35 bits per heavy atom. The third-order valence-corrected chi connectivity index (χ3v) is 4.11. The molecule has 1 heterocycles. The minimum absolute atomic E-state index is 0.366. The van der Waals surface area contributed by atoms with Crippen molar-refractivity contribution in [3.63, 3.8) is 0 Å². The van der Waals surface area contributed by atoms with Gasteiger partial charge in [-0.15, -0.1) is 0 Å². The van der Waals surface area contributed by atoms with Gasteiger partial charge in [-0.1, -0.05) is 34.6 Å². The predicted molar refractivity (Wildman–Crippen MR) is 76.4 cm³/mol. The van der Waals surface area contributed by atoms with E-state index in [1.165, 1.54) is 25.9 Å². The van der Waals surface area contributed by atoms with Crippen molar-refractivity contribution in [3.05, 3.63) is 0 Å². The average Bonchev–Trinajstić information content (AvgIpc) is 2.50. The molecular formula is C15H32N2. The molecule has 3 atom stereocenters. The van der Waals surface area contributed by atoms with Crippen LogP contribution in [0.5, 0.6) is 0 Å². The van der Waals surface area contributed by atoms with Crippen molar-refractivity contribution >= 4 is 0 Å². The molecule has 1 N–H and O–H groups in total. The Morgan fingerprint density at radius 2 is 1.94 bits per heavy atom. The van der Waals surface area contributed by atoms with Gasteiger partial charge in [-0.2, -0.15) is 0 Å². The van der Waals surface area contributed by atoms with Gasteiger partial charge in [0.2, 0.25) is 0 Å². The van der Waals surface area contributed by atoms with Gasteiger partial charge in [0.1, 0.15) is 0 Å². The van der Waals surface area contributed by atoms with Gasteiger partial charge in [0, 0.05) is 18.6 Å². The first-order valence-electron chi connectivity index (χ1n) is 7.32. The first-order valence-corrected chi connectivity index (χ1v) is 7.32. The molecular weight excluding hydrogens is 208 g/mol. The molecule has 0 aromatic carbocycles. The van der Waals surface area contributed by atoms with E-state index in [1.807, 2.05) is 0 Å². The van der Waals surface area contributed by atoms with Crippen molar-refractivity contribution in [1.29, 1.82) is 0 Å². The molecule has 0 aliphatic carbocycles. The molecule has 3 unspecified atom stereocenters. The Kier molecular flexibility index (Phi) is 5.46. The average molecular weight is 240 g/mol. The van der Waals surface area contributed by atoms with Crippen molar-refractivity contribution in [2.75, 3.05) is 19.6 Å². The summed E-state index contributed by atoms with van der Waals surface area (Å²) in [6.07, 6.45) is 2.65. The van der Waals surface area contributed by atoms with Crippen molar-refractivity contribution in [3.8, 4) is 0 Å². The second kappa shape index (κ2) is 6.19. The highest BCUT2D eigenvalue weighted by molar-refractivity contribution is 4.85. The normalized spacial score (nSPS) is 28.6. The van der Waals surface area contributed by atoms with Crippen LogP contribution in [0.2, 0.25) is 0 Å². The lowest BCUT2D eigenvalue weighted by Crippen LogP contribution is -2.43. The summed E-state index contributed by atoms with van der Waals surface area (Å²) in [6.45, 7) is 17.6. The zero-order valence-electron chi connectivity index (χ0n) is 12.7. The molecule has 1 fully saturated rings. The van der Waals surface area contributed by atoms with Gasteiger partial charge in [-0.25, -0.2) is 0 Å². The fourth-order valence-electron chi connectivity index (χ4n) is 3.08. The van der Waals surface area contributed by atoms with Crippen LogP contribution in [0.15, 0.2) is 0 Å². The molecule has 0 amide bonds. The minimum Gasteiger partial charge on any atom is -0.314 e. The van der Waals surface area contributed by atoms with Gasteiger partial charge in [0.25, 0.3) is 0 Å². The summed E-state index contributed by atoms with van der Waals surface area (Å²) in [7, 11) is 0. The largest absolute Gasteiger partial charge is 0.314 e. The zero-order chi connectivity index (χ0) is 13.1. The molecule has 2 heteroatoms. The summed E-state index contributed by atoms with van der Waals surface area (Å²) in [5.41, 5.74) is 0.366. The lowest BCUT2D eigenvalue weighted by atomic mass is 9.84. The van der Waals surface area contributed by atoms with Crippen molar-refractivity contribution < 1.29 is 0 Å². The van der Waals surface area contributed by atoms with E-state index in [4.69, 9.17) is 0 Å². The maximum absolute atomic E-state index is 3.65. The van der Waals surface area contributed by atoms with E-state index in [0.29, 0.717) is 11.5 Å². The molecule has 2 nitrogen and oxygen atoms in total. The summed E-state index contributed by atoms with van der Waals surface area (Å²) in [5.74, 6) is 0.886. The fraction of sp³-hybridized carbons (Fsp3) is 1.00. The molecule has 1 aliphatic rings. The highest BCUT2D eigenvalue weighted by Crippen LogP contribution is 2.26. The summed E-state index contributed by atoms with van der Waals surface area (Å²) in [5, 5.41) is 3.65. The number of likely N-dealkylation sites (tertiary alicyclic amines) is 1. The van der Waals surface area contributed by atoms with E-state index in [2.05, 4.69) is 51.8 Å². The topological polar surface area (TPSA) is 15.3 Å². The smallest absolute Gasteiger partial charge is 0.0128 e. The van der Waals surface area contributed by atoms with E-state index in [-0.39, 0.29) is 0 Å². The molecule has 102 valence electrons. The van der Waals surface area contributed by atoms with E-state index < -0.39 is 0 Å². The van der Waals surface area contributed by atoms with Crippen molar-refractivity contribution in [2.45, 2.75) is 66.5 Å². The molecule has 0 saturated carbocycles. The Morgan fingerprint density at radius 1 is 1.29 bits per heavy atom. The lowest BCUT2D eigenvalue weighted by Gasteiger charge is -2.33. The molecule has 0 aromatic rings. The first kappa shape index (κ1) is 15.0. The number of hydrogen-bond donors (Lipinski definition) is 1. The van der Waals surface area contributed by atoms with E-state index >= 15 is 0 Å². The molecule has 1 rings (SSSR count). The maximum Gasteiger partial charge on any atom is 0.0128 e. The van der Waals surface area contributed by atoms with Crippen LogP contribution >= 0.6 is 0 Å². The zero-order valence-corrected chi connectivity index (χ0v) is 12.7. The molecule has 0 bridgehead atoms. The second-order valence-electron chi connectivity index (χ2n) is 6.95. The highest BCUT2D eigenvalue weighted by atomic mass is 15.2. The molecule has 17 heavy (non-hydrogen) atoms. The van der Waals surface area contributed by atoms with Crippen LogP contribution in [0, 0.1) is 11.3 Å². The van der Waals surface area contributed by atoms with Gasteiger partial charge in [0.05, 0.1) is 0 Å². The second-order valence-corrected chi connectivity index (χ2v) is 6.95. The summed E-state index contributed by atoms with van der Waals surface area (Å²) >= 11 is 0. The lowest BCUT2D eigenvalue weighted by molar-refractivity contribution is 0.200. The fourth-order valence-corrected chi connectivity index (χ4v) is 3.08. The molecule has 1 aliphatic heterocycles. The van der Waals surface area contributed by atoms with Gasteiger partial charge >= 0.3 is 0 Å². The number of hydrogen-bond acceptors (Lipinski definition) is 2. The quantitative estimate of drug-likeness (QED) is 0.794. The van der Waals surface area contributed by atoms with Crippen LogP contribution in [0.3, 0.4) is 0 Å². The standard InChI is InChI=1S/C15H32N2/c1-7-16-14(15(4,5)6)8-9-17-11-12(2)10-13(17)3/h12-14,16H,7-11H2,1-6H3. The van der Waals surface area contributed by atoms with Gasteiger partial charge < -0.3 is 10.2 Å².